The Morgan fingerprint density at radius 1 is 1.29 bits per heavy atom. The molecule has 4 N–H and O–H groups in total. The third kappa shape index (κ3) is 6.02. The molecule has 1 saturated heterocycles. The van der Waals surface area contributed by atoms with Crippen LogP contribution in [0.15, 0.2) is 30.6 Å². The van der Waals surface area contributed by atoms with Crippen molar-refractivity contribution in [1.82, 2.24) is 19.9 Å². The maximum Gasteiger partial charge on any atom is 0.419 e. The number of carbonyl (C=O) groups excluding carboxylic acids is 1. The van der Waals surface area contributed by atoms with Crippen molar-refractivity contribution >= 4 is 17.7 Å². The van der Waals surface area contributed by atoms with E-state index in [2.05, 4.69) is 15.3 Å². The number of nitrogens with one attached hydrogen (secondary N) is 2. The van der Waals surface area contributed by atoms with Crippen LogP contribution in [0, 0.1) is 18.3 Å². The van der Waals surface area contributed by atoms with Gasteiger partial charge < -0.3 is 10.2 Å². The van der Waals surface area contributed by atoms with Crippen LogP contribution in [0.25, 0.3) is 0 Å². The maximum absolute atomic E-state index is 14.5. The number of piperidine rings is 1. The largest absolute Gasteiger partial charge is 0.419 e. The molecule has 13 heteroatoms. The summed E-state index contributed by atoms with van der Waals surface area (Å²) >= 11 is 0. The van der Waals surface area contributed by atoms with Crippen molar-refractivity contribution in [2.75, 3.05) is 25.5 Å². The zero-order valence-electron chi connectivity index (χ0n) is 19.3. The molecule has 1 aliphatic heterocycles. The highest BCUT2D eigenvalue weighted by molar-refractivity contribution is 6.08. The van der Waals surface area contributed by atoms with Crippen molar-refractivity contribution in [2.24, 2.45) is 11.8 Å². The van der Waals surface area contributed by atoms with E-state index in [1.54, 1.807) is 19.9 Å². The summed E-state index contributed by atoms with van der Waals surface area (Å²) in [6, 6.07) is 3.98. The predicted molar refractivity (Wildman–Crippen MR) is 119 cm³/mol. The number of nitrogens with zero attached hydrogens (tertiary/aromatic N) is 4. The average Bonchev–Trinajstić information content (AvgIpc) is 2.76. The van der Waals surface area contributed by atoms with Crippen LogP contribution in [-0.4, -0.2) is 63.7 Å². The summed E-state index contributed by atoms with van der Waals surface area (Å²) in [6.07, 6.45) is -3.84. The predicted octanol–water partition coefficient (Wildman–Crippen LogP) is 3.53. The molecule has 0 radical (unpaired) electrons. The second-order valence-electron chi connectivity index (χ2n) is 8.72. The molecule has 8 nitrogen and oxygen atoms in total. The third-order valence-corrected chi connectivity index (χ3v) is 5.80. The Morgan fingerprint density at radius 3 is 2.49 bits per heavy atom. The van der Waals surface area contributed by atoms with Gasteiger partial charge in [0.25, 0.3) is 11.8 Å². The number of likely N-dealkylation sites (tertiary alicyclic amines) is 1. The van der Waals surface area contributed by atoms with E-state index in [1.807, 2.05) is 0 Å². The molecule has 1 aromatic carbocycles. The molecule has 35 heavy (non-hydrogen) atoms. The van der Waals surface area contributed by atoms with Gasteiger partial charge in [0, 0.05) is 38.0 Å². The van der Waals surface area contributed by atoms with Crippen LogP contribution in [-0.2, 0) is 6.18 Å². The summed E-state index contributed by atoms with van der Waals surface area (Å²) in [5.41, 5.74) is -0.100. The van der Waals surface area contributed by atoms with Gasteiger partial charge in [0.05, 0.1) is 23.7 Å². The lowest BCUT2D eigenvalue weighted by Crippen LogP contribution is -2.57. The number of alkyl halides is 5. The van der Waals surface area contributed by atoms with Gasteiger partial charge in [-0.1, -0.05) is 24.6 Å². The van der Waals surface area contributed by atoms with Gasteiger partial charge in [0.15, 0.2) is 0 Å². The van der Waals surface area contributed by atoms with E-state index in [-0.39, 0.29) is 29.5 Å². The van der Waals surface area contributed by atoms with Gasteiger partial charge in [0.1, 0.15) is 5.84 Å². The van der Waals surface area contributed by atoms with Gasteiger partial charge in [-0.05, 0) is 18.9 Å². The first-order valence-electron chi connectivity index (χ1n) is 10.7. The molecule has 1 amide bonds. The Bertz CT molecular complexity index is 1090. The SMILES string of the molecule is Cc1ccc(C(=N)N(C)N)c(C(=O)N2CC(F)(F)CC(C)C2CNc2ncc(C(F)(F)F)cn2)c1. The number of carbonyl (C=O) groups is 1. The van der Waals surface area contributed by atoms with E-state index in [9.17, 15) is 26.7 Å². The van der Waals surface area contributed by atoms with Crippen molar-refractivity contribution < 1.29 is 26.7 Å². The third-order valence-electron chi connectivity index (χ3n) is 5.80. The van der Waals surface area contributed by atoms with E-state index >= 15 is 0 Å². The number of aromatic nitrogens is 2. The standard InChI is InChI=1S/C22H26F5N7O/c1-12-4-5-15(18(28)33(3)29)16(6-12)19(35)34-11-21(23,24)7-13(2)17(34)10-32-20-30-8-14(9-31-20)22(25,26)27/h4-6,8-9,13,17,28H,7,10-11,29H2,1-3H3,(H,30,31,32). The molecule has 0 spiro atoms. The monoisotopic (exact) mass is 499 g/mol. The lowest BCUT2D eigenvalue weighted by atomic mass is 9.87. The van der Waals surface area contributed by atoms with Crippen molar-refractivity contribution in [1.29, 1.82) is 5.41 Å². The minimum absolute atomic E-state index is 0.0491. The second kappa shape index (κ2) is 9.72. The van der Waals surface area contributed by atoms with Gasteiger partial charge >= 0.3 is 6.18 Å². The summed E-state index contributed by atoms with van der Waals surface area (Å²) in [6.45, 7) is 2.38. The lowest BCUT2D eigenvalue weighted by Gasteiger charge is -2.43. The van der Waals surface area contributed by atoms with Crippen LogP contribution in [0.3, 0.4) is 0 Å². The number of halogens is 5. The van der Waals surface area contributed by atoms with E-state index in [1.165, 1.54) is 19.2 Å². The summed E-state index contributed by atoms with van der Waals surface area (Å²) < 4.78 is 67.3. The molecule has 2 unspecified atom stereocenters. The molecule has 1 fully saturated rings. The summed E-state index contributed by atoms with van der Waals surface area (Å²) in [7, 11) is 1.42. The van der Waals surface area contributed by atoms with E-state index in [4.69, 9.17) is 11.3 Å². The van der Waals surface area contributed by atoms with Gasteiger partial charge in [-0.3, -0.25) is 15.2 Å². The molecular weight excluding hydrogens is 473 g/mol. The van der Waals surface area contributed by atoms with Crippen LogP contribution in [0.1, 0.15) is 40.4 Å². The number of nitrogens with two attached hydrogens (primary N) is 1. The number of aryl methyl sites for hydroxylation is 1. The van der Waals surface area contributed by atoms with E-state index in [0.29, 0.717) is 18.0 Å². The molecule has 1 aromatic heterocycles. The first kappa shape index (κ1) is 26.3. The zero-order chi connectivity index (χ0) is 26.1. The van der Waals surface area contributed by atoms with Gasteiger partial charge in [-0.15, -0.1) is 0 Å². The molecule has 2 atom stereocenters. The Balaban J connectivity index is 1.90. The highest BCUT2D eigenvalue weighted by Gasteiger charge is 2.46. The van der Waals surface area contributed by atoms with Crippen molar-refractivity contribution in [3.8, 4) is 0 Å². The highest BCUT2D eigenvalue weighted by atomic mass is 19.4. The fourth-order valence-electron chi connectivity index (χ4n) is 4.03. The Kier molecular flexibility index (Phi) is 7.29. The number of amides is 1. The lowest BCUT2D eigenvalue weighted by molar-refractivity contribution is -0.138. The molecular formula is C22H26F5N7O. The molecule has 190 valence electrons. The highest BCUT2D eigenvalue weighted by Crippen LogP contribution is 2.36. The fourth-order valence-corrected chi connectivity index (χ4v) is 4.03. The number of rotatable bonds is 5. The van der Waals surface area contributed by atoms with E-state index < -0.39 is 48.5 Å². The first-order valence-corrected chi connectivity index (χ1v) is 10.7. The summed E-state index contributed by atoms with van der Waals surface area (Å²) in [4.78, 5) is 21.9. The molecule has 2 aromatic rings. The maximum atomic E-state index is 14.5. The Hall–Kier alpha value is -3.35. The van der Waals surface area contributed by atoms with Crippen molar-refractivity contribution in [3.63, 3.8) is 0 Å². The van der Waals surface area contributed by atoms with Crippen molar-refractivity contribution in [2.45, 2.75) is 38.4 Å². The first-order chi connectivity index (χ1) is 16.2. The molecule has 0 bridgehead atoms. The van der Waals surface area contributed by atoms with Gasteiger partial charge in [0.2, 0.25) is 5.95 Å². The summed E-state index contributed by atoms with van der Waals surface area (Å²) in [5, 5.41) is 12.0. The zero-order valence-corrected chi connectivity index (χ0v) is 19.3. The topological polar surface area (TPSA) is 111 Å². The molecule has 3 rings (SSSR count). The number of hydrogen-bond donors (Lipinski definition) is 3. The van der Waals surface area contributed by atoms with Crippen LogP contribution in [0.5, 0.6) is 0 Å². The van der Waals surface area contributed by atoms with Crippen LogP contribution >= 0.6 is 0 Å². The fraction of sp³-hybridized carbons (Fsp3) is 0.455. The number of amidine groups is 1. The Labute approximate surface area is 198 Å². The number of benzene rings is 1. The smallest absolute Gasteiger partial charge is 0.352 e. The van der Waals surface area contributed by atoms with Crippen molar-refractivity contribution in [3.05, 3.63) is 52.8 Å². The van der Waals surface area contributed by atoms with Gasteiger partial charge in [-0.25, -0.2) is 24.6 Å². The van der Waals surface area contributed by atoms with Crippen LogP contribution < -0.4 is 11.2 Å². The van der Waals surface area contributed by atoms with Crippen LogP contribution in [0.4, 0.5) is 27.9 Å². The quantitative estimate of drug-likeness (QED) is 0.191. The van der Waals surface area contributed by atoms with E-state index in [0.717, 1.165) is 9.91 Å². The molecule has 1 aliphatic rings. The Morgan fingerprint density at radius 2 is 1.91 bits per heavy atom. The molecule has 0 saturated carbocycles. The molecule has 0 aliphatic carbocycles. The minimum Gasteiger partial charge on any atom is -0.352 e. The van der Waals surface area contributed by atoms with Crippen LogP contribution in [0.2, 0.25) is 0 Å². The second-order valence-corrected chi connectivity index (χ2v) is 8.72. The minimum atomic E-state index is -4.60. The number of hydrazine groups is 1. The summed E-state index contributed by atoms with van der Waals surface area (Å²) in [5.74, 6) is 0.865. The molecule has 2 heterocycles. The average molecular weight is 499 g/mol. The number of anilines is 1. The normalized spacial score (nSPS) is 19.9. The van der Waals surface area contributed by atoms with Gasteiger partial charge in [-0.2, -0.15) is 13.2 Å². The number of hydrogen-bond acceptors (Lipinski definition) is 6.